The normalized spacial score (nSPS) is 10.8. The average Bonchev–Trinajstić information content (AvgIpc) is 2.99. The summed E-state index contributed by atoms with van der Waals surface area (Å²) in [6, 6.07) is 4.90. The van der Waals surface area contributed by atoms with Gasteiger partial charge >= 0.3 is 0 Å². The van der Waals surface area contributed by atoms with Crippen LogP contribution in [0.2, 0.25) is 10.2 Å². The van der Waals surface area contributed by atoms with Crippen LogP contribution in [0.4, 0.5) is 11.5 Å². The number of halogens is 2. The molecule has 0 aliphatic carbocycles. The van der Waals surface area contributed by atoms with Gasteiger partial charge in [0.05, 0.1) is 23.6 Å². The van der Waals surface area contributed by atoms with E-state index in [1.807, 2.05) is 0 Å². The van der Waals surface area contributed by atoms with Gasteiger partial charge in [-0.05, 0) is 12.1 Å². The van der Waals surface area contributed by atoms with Gasteiger partial charge in [0.2, 0.25) is 0 Å². The third-order valence-corrected chi connectivity index (χ3v) is 4.04. The summed E-state index contributed by atoms with van der Waals surface area (Å²) in [5.74, 6) is 0.214. The van der Waals surface area contributed by atoms with Gasteiger partial charge in [0.1, 0.15) is 22.2 Å². The fourth-order valence-electron chi connectivity index (χ4n) is 2.46. The number of nitrogen functional groups attached to an aromatic ring is 1. The van der Waals surface area contributed by atoms with Crippen molar-refractivity contribution in [2.45, 2.75) is 0 Å². The average molecular weight is 416 g/mol. The molecule has 4 aromatic rings. The lowest BCUT2D eigenvalue weighted by Crippen LogP contribution is -2.14. The first-order valence-corrected chi connectivity index (χ1v) is 8.61. The Balaban J connectivity index is 1.68. The number of hydrogen-bond donors (Lipinski definition) is 2. The predicted molar refractivity (Wildman–Crippen MR) is 104 cm³/mol. The van der Waals surface area contributed by atoms with Crippen molar-refractivity contribution in [2.24, 2.45) is 0 Å². The van der Waals surface area contributed by atoms with E-state index < -0.39 is 5.91 Å². The highest BCUT2D eigenvalue weighted by Crippen LogP contribution is 2.31. The van der Waals surface area contributed by atoms with Crippen LogP contribution in [0.3, 0.4) is 0 Å². The van der Waals surface area contributed by atoms with Crippen LogP contribution < -0.4 is 15.8 Å². The van der Waals surface area contributed by atoms with Gasteiger partial charge in [0, 0.05) is 18.5 Å². The molecule has 4 heterocycles. The zero-order valence-corrected chi connectivity index (χ0v) is 15.5. The van der Waals surface area contributed by atoms with Crippen molar-refractivity contribution in [1.82, 2.24) is 24.6 Å². The Morgan fingerprint density at radius 1 is 1.21 bits per heavy atom. The molecule has 4 rings (SSSR count). The molecular formula is C17H11Cl2N7O2. The molecule has 0 saturated carbocycles. The number of rotatable bonds is 4. The zero-order chi connectivity index (χ0) is 19.7. The monoisotopic (exact) mass is 415 g/mol. The highest BCUT2D eigenvalue weighted by molar-refractivity contribution is 6.30. The van der Waals surface area contributed by atoms with E-state index in [0.29, 0.717) is 10.8 Å². The van der Waals surface area contributed by atoms with Gasteiger partial charge in [0.15, 0.2) is 17.2 Å². The van der Waals surface area contributed by atoms with E-state index in [2.05, 4.69) is 25.4 Å². The molecule has 0 atom stereocenters. The largest absolute Gasteiger partial charge is 0.453 e. The summed E-state index contributed by atoms with van der Waals surface area (Å²) in [6.45, 7) is 0. The first kappa shape index (κ1) is 18.0. The number of fused-ring (bicyclic) bond motifs is 1. The van der Waals surface area contributed by atoms with Crippen LogP contribution in [0.5, 0.6) is 11.5 Å². The summed E-state index contributed by atoms with van der Waals surface area (Å²) in [7, 11) is 0. The van der Waals surface area contributed by atoms with E-state index in [4.69, 9.17) is 33.7 Å². The highest BCUT2D eigenvalue weighted by Gasteiger charge is 2.21. The summed E-state index contributed by atoms with van der Waals surface area (Å²) < 4.78 is 7.09. The van der Waals surface area contributed by atoms with Crippen molar-refractivity contribution >= 4 is 46.3 Å². The van der Waals surface area contributed by atoms with E-state index in [9.17, 15) is 4.79 Å². The molecule has 0 bridgehead atoms. The fraction of sp³-hybridized carbons (Fsp3) is 0. The van der Waals surface area contributed by atoms with Crippen molar-refractivity contribution < 1.29 is 9.53 Å². The predicted octanol–water partition coefficient (Wildman–Crippen LogP) is 3.45. The Morgan fingerprint density at radius 2 is 2.07 bits per heavy atom. The number of carbonyl (C=O) groups excluding carboxylic acids is 1. The van der Waals surface area contributed by atoms with Crippen LogP contribution in [-0.4, -0.2) is 30.5 Å². The number of nitrogens with one attached hydrogen (secondary N) is 1. The van der Waals surface area contributed by atoms with Crippen LogP contribution in [0.25, 0.3) is 5.65 Å². The van der Waals surface area contributed by atoms with Gasteiger partial charge in [-0.3, -0.25) is 9.78 Å². The smallest absolute Gasteiger partial charge is 0.263 e. The van der Waals surface area contributed by atoms with Crippen molar-refractivity contribution in [3.63, 3.8) is 0 Å². The van der Waals surface area contributed by atoms with Gasteiger partial charge < -0.3 is 15.8 Å². The maximum Gasteiger partial charge on any atom is 0.263 e. The minimum absolute atomic E-state index is 0.00363. The van der Waals surface area contributed by atoms with Gasteiger partial charge in [-0.2, -0.15) is 0 Å². The Labute approximate surface area is 168 Å². The number of amides is 1. The second-order valence-corrected chi connectivity index (χ2v) is 6.37. The third-order valence-electron chi connectivity index (χ3n) is 3.64. The van der Waals surface area contributed by atoms with Crippen LogP contribution in [0, 0.1) is 0 Å². The van der Waals surface area contributed by atoms with Gasteiger partial charge in [-0.15, -0.1) is 5.10 Å². The lowest BCUT2D eigenvalue weighted by Gasteiger charge is -2.12. The molecule has 4 aromatic heterocycles. The topological polar surface area (TPSA) is 120 Å². The summed E-state index contributed by atoms with van der Waals surface area (Å²) in [6.07, 6.45) is 7.41. The summed E-state index contributed by atoms with van der Waals surface area (Å²) in [4.78, 5) is 24.9. The van der Waals surface area contributed by atoms with Gasteiger partial charge in [-0.1, -0.05) is 23.2 Å². The van der Waals surface area contributed by atoms with Crippen molar-refractivity contribution in [3.8, 4) is 11.5 Å². The Hall–Kier alpha value is -3.43. The fourth-order valence-corrected chi connectivity index (χ4v) is 2.75. The second kappa shape index (κ2) is 7.29. The molecule has 0 aromatic carbocycles. The molecular weight excluding hydrogens is 405 g/mol. The number of anilines is 2. The molecule has 0 aliphatic rings. The van der Waals surface area contributed by atoms with E-state index in [1.165, 1.54) is 35.4 Å². The number of nitrogens with two attached hydrogens (primary N) is 1. The quantitative estimate of drug-likeness (QED) is 0.489. The number of carbonyl (C=O) groups is 1. The summed E-state index contributed by atoms with van der Waals surface area (Å²) in [5, 5.41) is 7.30. The summed E-state index contributed by atoms with van der Waals surface area (Å²) >= 11 is 11.9. The van der Waals surface area contributed by atoms with Crippen molar-refractivity contribution in [3.05, 3.63) is 64.9 Å². The van der Waals surface area contributed by atoms with Crippen molar-refractivity contribution in [2.75, 3.05) is 11.1 Å². The van der Waals surface area contributed by atoms with E-state index in [-0.39, 0.29) is 33.6 Å². The van der Waals surface area contributed by atoms with E-state index in [1.54, 1.807) is 18.3 Å². The molecule has 0 spiro atoms. The molecule has 0 fully saturated rings. The third kappa shape index (κ3) is 3.53. The lowest BCUT2D eigenvalue weighted by molar-refractivity contribution is 0.102. The van der Waals surface area contributed by atoms with E-state index >= 15 is 0 Å². The molecule has 0 radical (unpaired) electrons. The van der Waals surface area contributed by atoms with Crippen LogP contribution >= 0.6 is 23.2 Å². The Bertz CT molecular complexity index is 1180. The van der Waals surface area contributed by atoms with Crippen molar-refractivity contribution in [1.29, 1.82) is 0 Å². The maximum atomic E-state index is 12.8. The molecule has 11 heteroatoms. The van der Waals surface area contributed by atoms with Gasteiger partial charge in [-0.25, -0.2) is 14.5 Å². The number of hydrogen-bond acceptors (Lipinski definition) is 7. The Kier molecular flexibility index (Phi) is 4.68. The van der Waals surface area contributed by atoms with E-state index in [0.717, 1.165) is 0 Å². The molecule has 28 heavy (non-hydrogen) atoms. The number of aromatic nitrogens is 5. The molecule has 0 unspecified atom stereocenters. The zero-order valence-electron chi connectivity index (χ0n) is 14.0. The van der Waals surface area contributed by atoms with Crippen LogP contribution in [0.15, 0.2) is 49.2 Å². The number of nitrogens with zero attached hydrogens (tertiary/aromatic N) is 5. The molecule has 9 nitrogen and oxygen atoms in total. The van der Waals surface area contributed by atoms with Gasteiger partial charge in [0.25, 0.3) is 5.91 Å². The molecule has 0 saturated heterocycles. The minimum Gasteiger partial charge on any atom is -0.453 e. The maximum absolute atomic E-state index is 12.8. The first-order chi connectivity index (χ1) is 13.5. The molecule has 1 amide bonds. The Morgan fingerprint density at radius 3 is 2.86 bits per heavy atom. The molecule has 140 valence electrons. The SMILES string of the molecule is Nc1nn2cc(Cl)cnc2c1C(=O)Nc1cnc(Cl)cc1Oc1cccnc1. The standard InChI is InChI=1S/C17H11Cl2N7O2/c18-9-5-23-16-14(15(20)25-26(16)8-9)17(27)24-11-7-22-13(19)4-12(11)28-10-2-1-3-21-6-10/h1-8H,(H2,20,25)(H,24,27). The lowest BCUT2D eigenvalue weighted by atomic mass is 10.2. The summed E-state index contributed by atoms with van der Waals surface area (Å²) in [5.41, 5.74) is 6.53. The number of pyridine rings is 2. The van der Waals surface area contributed by atoms with Crippen LogP contribution in [0.1, 0.15) is 10.4 Å². The number of ether oxygens (including phenoxy) is 1. The first-order valence-electron chi connectivity index (χ1n) is 7.85. The minimum atomic E-state index is -0.539. The second-order valence-electron chi connectivity index (χ2n) is 5.55. The molecule has 3 N–H and O–H groups in total. The van der Waals surface area contributed by atoms with Crippen LogP contribution in [-0.2, 0) is 0 Å². The highest BCUT2D eigenvalue weighted by atomic mass is 35.5. The molecule has 0 aliphatic heterocycles.